The molecular formula is C17H24N6O3S. The number of aromatic amines is 1. The monoisotopic (exact) mass is 392 g/mol. The van der Waals surface area contributed by atoms with Crippen LogP contribution in [0.4, 0.5) is 5.95 Å². The van der Waals surface area contributed by atoms with E-state index in [2.05, 4.69) is 31.0 Å². The Morgan fingerprint density at radius 2 is 2.04 bits per heavy atom. The summed E-state index contributed by atoms with van der Waals surface area (Å²) in [5.41, 5.74) is 3.33. The van der Waals surface area contributed by atoms with Gasteiger partial charge in [-0.1, -0.05) is 11.8 Å². The number of methoxy groups -OCH3 is 2. The smallest absolute Gasteiger partial charge is 0.240 e. The highest BCUT2D eigenvalue weighted by Crippen LogP contribution is 2.26. The third kappa shape index (κ3) is 6.81. The minimum Gasteiger partial charge on any atom is -0.493 e. The van der Waals surface area contributed by atoms with Gasteiger partial charge in [-0.05, 0) is 44.5 Å². The van der Waals surface area contributed by atoms with E-state index in [4.69, 9.17) is 9.47 Å². The van der Waals surface area contributed by atoms with Gasteiger partial charge in [-0.15, -0.1) is 5.10 Å². The van der Waals surface area contributed by atoms with Crippen molar-refractivity contribution in [3.8, 4) is 11.5 Å². The van der Waals surface area contributed by atoms with Crippen LogP contribution < -0.4 is 20.2 Å². The van der Waals surface area contributed by atoms with E-state index in [1.807, 2.05) is 26.8 Å². The fourth-order valence-electron chi connectivity index (χ4n) is 2.05. The van der Waals surface area contributed by atoms with E-state index in [1.165, 1.54) is 11.8 Å². The van der Waals surface area contributed by atoms with Crippen molar-refractivity contribution >= 4 is 29.8 Å². The number of H-pyrrole nitrogens is 1. The molecule has 0 bridgehead atoms. The van der Waals surface area contributed by atoms with Crippen molar-refractivity contribution in [3.05, 3.63) is 23.8 Å². The van der Waals surface area contributed by atoms with Crippen molar-refractivity contribution in [1.82, 2.24) is 20.5 Å². The number of anilines is 1. The Balaban J connectivity index is 1.87. The fourth-order valence-corrected chi connectivity index (χ4v) is 2.64. The maximum atomic E-state index is 11.8. The summed E-state index contributed by atoms with van der Waals surface area (Å²) in [4.78, 5) is 16.0. The number of carbonyl (C=O) groups is 1. The molecule has 0 aliphatic rings. The lowest BCUT2D eigenvalue weighted by molar-refractivity contribution is -0.119. The molecule has 0 spiro atoms. The molecule has 0 saturated heterocycles. The predicted molar refractivity (Wildman–Crippen MR) is 106 cm³/mol. The Labute approximate surface area is 162 Å². The van der Waals surface area contributed by atoms with E-state index in [9.17, 15) is 4.79 Å². The maximum Gasteiger partial charge on any atom is 0.240 e. The van der Waals surface area contributed by atoms with Gasteiger partial charge < -0.3 is 14.8 Å². The van der Waals surface area contributed by atoms with Crippen LogP contribution in [0.5, 0.6) is 11.5 Å². The summed E-state index contributed by atoms with van der Waals surface area (Å²) < 4.78 is 10.4. The zero-order chi connectivity index (χ0) is 19.9. The van der Waals surface area contributed by atoms with E-state index >= 15 is 0 Å². The number of hydrazone groups is 1. The van der Waals surface area contributed by atoms with Crippen LogP contribution in [-0.4, -0.2) is 52.8 Å². The Morgan fingerprint density at radius 1 is 1.30 bits per heavy atom. The average Bonchev–Trinajstić information content (AvgIpc) is 3.06. The van der Waals surface area contributed by atoms with Gasteiger partial charge in [0, 0.05) is 5.54 Å². The first-order chi connectivity index (χ1) is 12.8. The number of thioether (sulfide) groups is 1. The molecule has 1 aromatic heterocycles. The van der Waals surface area contributed by atoms with Gasteiger partial charge in [-0.25, -0.2) is 10.5 Å². The second kappa shape index (κ2) is 9.26. The molecule has 0 aliphatic heterocycles. The van der Waals surface area contributed by atoms with Crippen molar-refractivity contribution in [3.63, 3.8) is 0 Å². The van der Waals surface area contributed by atoms with Gasteiger partial charge in [0.1, 0.15) is 0 Å². The summed E-state index contributed by atoms with van der Waals surface area (Å²) in [7, 11) is 3.16. The number of hydrogen-bond donors (Lipinski definition) is 3. The minimum absolute atomic E-state index is 0.0710. The average molecular weight is 392 g/mol. The maximum absolute atomic E-state index is 11.8. The van der Waals surface area contributed by atoms with Crippen LogP contribution in [-0.2, 0) is 4.79 Å². The number of carbonyl (C=O) groups excluding carboxylic acids is 1. The number of aromatic nitrogens is 3. The Kier molecular flexibility index (Phi) is 7.05. The van der Waals surface area contributed by atoms with Crippen LogP contribution in [0.2, 0.25) is 0 Å². The van der Waals surface area contributed by atoms with Crippen molar-refractivity contribution in [1.29, 1.82) is 0 Å². The SMILES string of the molecule is COc1ccc(/C=N\Nc2nc(SCC(=O)NC(C)(C)C)n[nH]2)cc1OC. The molecule has 0 radical (unpaired) electrons. The summed E-state index contributed by atoms with van der Waals surface area (Å²) in [6, 6.07) is 5.45. The molecule has 0 aliphatic carbocycles. The van der Waals surface area contributed by atoms with Crippen LogP contribution in [0, 0.1) is 0 Å². The Bertz CT molecular complexity index is 800. The lowest BCUT2D eigenvalue weighted by Crippen LogP contribution is -2.41. The first kappa shape index (κ1) is 20.6. The summed E-state index contributed by atoms with van der Waals surface area (Å²) in [5.74, 6) is 1.82. The number of ether oxygens (including phenoxy) is 2. The van der Waals surface area contributed by atoms with Gasteiger partial charge in [0.2, 0.25) is 17.0 Å². The molecule has 1 heterocycles. The third-order valence-electron chi connectivity index (χ3n) is 3.10. The molecule has 27 heavy (non-hydrogen) atoms. The minimum atomic E-state index is -0.262. The number of nitrogens with zero attached hydrogens (tertiary/aromatic N) is 3. The lowest BCUT2D eigenvalue weighted by atomic mass is 10.1. The molecule has 0 unspecified atom stereocenters. The molecule has 3 N–H and O–H groups in total. The highest BCUT2D eigenvalue weighted by molar-refractivity contribution is 7.99. The van der Waals surface area contributed by atoms with Crippen LogP contribution in [0.1, 0.15) is 26.3 Å². The molecule has 2 aromatic rings. The zero-order valence-electron chi connectivity index (χ0n) is 16.0. The molecule has 9 nitrogen and oxygen atoms in total. The van der Waals surface area contributed by atoms with Gasteiger partial charge in [-0.2, -0.15) is 10.1 Å². The number of nitrogens with one attached hydrogen (secondary N) is 3. The first-order valence-electron chi connectivity index (χ1n) is 8.18. The summed E-state index contributed by atoms with van der Waals surface area (Å²) in [6.07, 6.45) is 1.62. The zero-order valence-corrected chi connectivity index (χ0v) is 16.8. The Hall–Kier alpha value is -2.75. The number of rotatable bonds is 8. The summed E-state index contributed by atoms with van der Waals surface area (Å²) in [6.45, 7) is 5.79. The number of hydrogen-bond acceptors (Lipinski definition) is 8. The topological polar surface area (TPSA) is 114 Å². The largest absolute Gasteiger partial charge is 0.493 e. The summed E-state index contributed by atoms with van der Waals surface area (Å²) in [5, 5.41) is 14.2. The van der Waals surface area contributed by atoms with Crippen LogP contribution >= 0.6 is 11.8 Å². The molecule has 1 aromatic carbocycles. The van der Waals surface area contributed by atoms with Crippen LogP contribution in [0.25, 0.3) is 0 Å². The van der Waals surface area contributed by atoms with Crippen LogP contribution in [0.3, 0.4) is 0 Å². The molecule has 0 fully saturated rings. The van der Waals surface area contributed by atoms with Gasteiger partial charge in [0.15, 0.2) is 11.5 Å². The quantitative estimate of drug-likeness (QED) is 0.359. The molecule has 0 saturated carbocycles. The predicted octanol–water partition coefficient (Wildman–Crippen LogP) is 2.27. The first-order valence-corrected chi connectivity index (χ1v) is 9.16. The summed E-state index contributed by atoms with van der Waals surface area (Å²) >= 11 is 1.24. The molecule has 1 amide bonds. The lowest BCUT2D eigenvalue weighted by Gasteiger charge is -2.19. The van der Waals surface area contributed by atoms with E-state index in [0.29, 0.717) is 22.6 Å². The molecule has 0 atom stereocenters. The van der Waals surface area contributed by atoms with Crippen molar-refractivity contribution in [2.75, 3.05) is 25.4 Å². The van der Waals surface area contributed by atoms with E-state index in [-0.39, 0.29) is 17.2 Å². The van der Waals surface area contributed by atoms with E-state index < -0.39 is 0 Å². The highest BCUT2D eigenvalue weighted by atomic mass is 32.2. The van der Waals surface area contributed by atoms with Crippen molar-refractivity contribution in [2.45, 2.75) is 31.5 Å². The van der Waals surface area contributed by atoms with E-state index in [1.54, 1.807) is 32.6 Å². The standard InChI is InChI=1S/C17H24N6O3S/c1-17(2,3)20-14(24)10-27-16-19-15(22-23-16)21-18-9-11-6-7-12(25-4)13(8-11)26-5/h6-9H,10H2,1-5H3,(H,20,24)(H2,19,21,22,23)/b18-9-. The third-order valence-corrected chi connectivity index (χ3v) is 3.95. The molecule has 146 valence electrons. The molecular weight excluding hydrogens is 368 g/mol. The van der Waals surface area contributed by atoms with Crippen molar-refractivity contribution in [2.24, 2.45) is 5.10 Å². The van der Waals surface area contributed by atoms with Gasteiger partial charge >= 0.3 is 0 Å². The van der Waals surface area contributed by atoms with Gasteiger partial charge in [-0.3, -0.25) is 4.79 Å². The van der Waals surface area contributed by atoms with Gasteiger partial charge in [0.05, 0.1) is 26.2 Å². The number of amides is 1. The van der Waals surface area contributed by atoms with Gasteiger partial charge in [0.25, 0.3) is 0 Å². The normalized spacial score (nSPS) is 11.4. The second-order valence-electron chi connectivity index (χ2n) is 6.54. The molecule has 2 rings (SSSR count). The highest BCUT2D eigenvalue weighted by Gasteiger charge is 2.14. The molecule has 10 heteroatoms. The Morgan fingerprint density at radius 3 is 2.70 bits per heavy atom. The number of benzene rings is 1. The second-order valence-corrected chi connectivity index (χ2v) is 7.48. The van der Waals surface area contributed by atoms with Crippen molar-refractivity contribution < 1.29 is 14.3 Å². The fraction of sp³-hybridized carbons (Fsp3) is 0.412. The van der Waals surface area contributed by atoms with E-state index in [0.717, 1.165) is 5.56 Å². The van der Waals surface area contributed by atoms with Crippen LogP contribution in [0.15, 0.2) is 28.5 Å².